The summed E-state index contributed by atoms with van der Waals surface area (Å²) in [6.07, 6.45) is 1.78. The van der Waals surface area contributed by atoms with E-state index >= 15 is 0 Å². The number of hydrogen-bond donors (Lipinski definition) is 0. The minimum Gasteiger partial charge on any atom is -0.497 e. The van der Waals surface area contributed by atoms with E-state index in [4.69, 9.17) is 9.72 Å². The number of hydrogen-bond acceptors (Lipinski definition) is 3. The number of rotatable bonds is 6. The molecular weight excluding hydrogens is 782 g/mol. The summed E-state index contributed by atoms with van der Waals surface area (Å²) in [5.74, 6) is 1.20. The molecule has 0 N–H and O–H groups in total. The van der Waals surface area contributed by atoms with Gasteiger partial charge in [-0.15, -0.1) is 47.5 Å². The third kappa shape index (κ3) is 6.33. The maximum atomic E-state index is 6.24. The first-order chi connectivity index (χ1) is 23.4. The molecule has 4 nitrogen and oxygen atoms in total. The van der Waals surface area contributed by atoms with Crippen LogP contribution >= 0.6 is 0 Å². The summed E-state index contributed by atoms with van der Waals surface area (Å²) >= 11 is 0. The van der Waals surface area contributed by atoms with E-state index in [9.17, 15) is 0 Å². The first-order valence-electron chi connectivity index (χ1n) is 16.2. The molecule has 0 fully saturated rings. The molecule has 5 heteroatoms. The molecule has 0 bridgehead atoms. The molecule has 0 radical (unpaired) electrons. The van der Waals surface area contributed by atoms with Crippen LogP contribution in [0.5, 0.6) is 11.5 Å². The first kappa shape index (κ1) is 32.2. The van der Waals surface area contributed by atoms with Gasteiger partial charge in [0.1, 0.15) is 0 Å². The summed E-state index contributed by atoms with van der Waals surface area (Å²) in [5, 5.41) is 1.10. The van der Waals surface area contributed by atoms with Crippen molar-refractivity contribution in [2.45, 2.75) is 26.2 Å². The van der Waals surface area contributed by atoms with Crippen molar-refractivity contribution < 1.29 is 25.8 Å². The van der Waals surface area contributed by atoms with Crippen molar-refractivity contribution in [3.05, 3.63) is 163 Å². The summed E-state index contributed by atoms with van der Waals surface area (Å²) in [5.41, 5.74) is 11.3. The second kappa shape index (κ2) is 13.3. The van der Waals surface area contributed by atoms with Gasteiger partial charge in [-0.3, -0.25) is 4.98 Å². The molecule has 49 heavy (non-hydrogen) atoms. The van der Waals surface area contributed by atoms with Crippen molar-refractivity contribution in [1.82, 2.24) is 14.5 Å². The minimum atomic E-state index is 0. The molecule has 0 saturated carbocycles. The van der Waals surface area contributed by atoms with Gasteiger partial charge in [0.15, 0.2) is 0 Å². The van der Waals surface area contributed by atoms with E-state index in [0.717, 1.165) is 50.1 Å². The minimum absolute atomic E-state index is 0. The Morgan fingerprint density at radius 1 is 0.612 bits per heavy atom. The molecule has 8 aromatic rings. The molecule has 3 heterocycles. The molecule has 0 spiro atoms. The number of para-hydroxylation sites is 1. The second-order valence-electron chi connectivity index (χ2n) is 12.9. The van der Waals surface area contributed by atoms with Gasteiger partial charge >= 0.3 is 21.1 Å². The Kier molecular flexibility index (Phi) is 8.75. The topological polar surface area (TPSA) is 39.9 Å². The first-order valence-corrected chi connectivity index (χ1v) is 16.2. The van der Waals surface area contributed by atoms with Gasteiger partial charge in [0.25, 0.3) is 0 Å². The van der Waals surface area contributed by atoms with Crippen molar-refractivity contribution in [2.24, 2.45) is 0 Å². The number of aromatic nitrogens is 3. The zero-order valence-electron chi connectivity index (χ0n) is 27.4. The molecule has 8 rings (SSSR count). The summed E-state index contributed by atoms with van der Waals surface area (Å²) in [6, 6.07) is 54.6. The van der Waals surface area contributed by atoms with Crippen LogP contribution in [0.2, 0.25) is 0 Å². The van der Waals surface area contributed by atoms with Crippen LogP contribution in [0.15, 0.2) is 146 Å². The number of benzene rings is 5. The van der Waals surface area contributed by atoms with E-state index in [1.165, 1.54) is 16.7 Å². The third-order valence-corrected chi connectivity index (χ3v) is 8.68. The van der Waals surface area contributed by atoms with Crippen molar-refractivity contribution in [3.8, 4) is 50.8 Å². The van der Waals surface area contributed by atoms with Gasteiger partial charge in [-0.1, -0.05) is 106 Å². The molecule has 0 amide bonds. The normalized spacial score (nSPS) is 11.4. The fraction of sp³-hybridized carbons (Fsp3) is 0.0909. The summed E-state index contributed by atoms with van der Waals surface area (Å²) in [7, 11) is 0. The van der Waals surface area contributed by atoms with E-state index in [1.54, 1.807) is 6.20 Å². The van der Waals surface area contributed by atoms with Crippen LogP contribution in [0.3, 0.4) is 0 Å². The Bertz CT molecular complexity index is 2410. The van der Waals surface area contributed by atoms with Gasteiger partial charge in [-0.05, 0) is 58.3 Å². The van der Waals surface area contributed by atoms with Crippen LogP contribution in [0.4, 0.5) is 0 Å². The van der Waals surface area contributed by atoms with E-state index in [-0.39, 0.29) is 26.5 Å². The van der Waals surface area contributed by atoms with Gasteiger partial charge in [-0.2, -0.15) is 0 Å². The van der Waals surface area contributed by atoms with Gasteiger partial charge < -0.3 is 14.3 Å². The predicted octanol–water partition coefficient (Wildman–Crippen LogP) is 11.3. The standard InChI is InChI=1S/C44H33N3O.Pt/c1-44(2,3)33-22-24-41(37(29-33)30-13-5-4-6-14-30)47-40-21-8-7-19-36(40)43-42(47)25-23-39(46-43)32-16-12-18-35(28-32)48-34-17-11-15-31(27-34)38-20-9-10-26-45-38;/h4-26,29H,1-3H3;/q-2;+2. The SMILES string of the molecule is CC(C)(C)c1ccc(-n2c3ccccc3c3nc(-c4[c-]c(Oc5[c-]c(-c6ccccn6)ccc5)ccc4)ccc32)c(-c2ccccc2)c1.[Pt+2]. The summed E-state index contributed by atoms with van der Waals surface area (Å²) < 4.78 is 8.59. The van der Waals surface area contributed by atoms with Crippen LogP contribution in [-0.4, -0.2) is 14.5 Å². The maximum Gasteiger partial charge on any atom is 2.00 e. The molecule has 0 atom stereocenters. The Morgan fingerprint density at radius 2 is 1.31 bits per heavy atom. The molecule has 240 valence electrons. The second-order valence-corrected chi connectivity index (χ2v) is 12.9. The Hall–Kier alpha value is -5.31. The number of ether oxygens (including phenoxy) is 1. The molecule has 0 aliphatic rings. The fourth-order valence-electron chi connectivity index (χ4n) is 6.24. The molecule has 0 aliphatic heterocycles. The third-order valence-electron chi connectivity index (χ3n) is 8.68. The van der Waals surface area contributed by atoms with Crippen molar-refractivity contribution in [2.75, 3.05) is 0 Å². The average molecular weight is 815 g/mol. The Morgan fingerprint density at radius 3 is 2.02 bits per heavy atom. The van der Waals surface area contributed by atoms with Crippen molar-refractivity contribution in [1.29, 1.82) is 0 Å². The number of fused-ring (bicyclic) bond motifs is 3. The summed E-state index contributed by atoms with van der Waals surface area (Å²) in [4.78, 5) is 9.70. The van der Waals surface area contributed by atoms with Crippen LogP contribution < -0.4 is 4.74 Å². The van der Waals surface area contributed by atoms with Crippen LogP contribution in [0.1, 0.15) is 26.3 Å². The van der Waals surface area contributed by atoms with Crippen molar-refractivity contribution >= 4 is 21.9 Å². The van der Waals surface area contributed by atoms with Crippen LogP contribution in [0, 0.1) is 12.1 Å². The van der Waals surface area contributed by atoms with Gasteiger partial charge in [-0.25, -0.2) is 0 Å². The van der Waals surface area contributed by atoms with Gasteiger partial charge in [0.05, 0.1) is 22.2 Å². The van der Waals surface area contributed by atoms with E-state index in [0.29, 0.717) is 11.5 Å². The van der Waals surface area contributed by atoms with Gasteiger partial charge in [0.2, 0.25) is 0 Å². The van der Waals surface area contributed by atoms with Gasteiger partial charge in [0, 0.05) is 28.6 Å². The van der Waals surface area contributed by atoms with Crippen LogP contribution in [-0.2, 0) is 26.5 Å². The average Bonchev–Trinajstić information content (AvgIpc) is 3.45. The zero-order valence-corrected chi connectivity index (χ0v) is 29.7. The molecule has 3 aromatic heterocycles. The largest absolute Gasteiger partial charge is 2.00 e. The van der Waals surface area contributed by atoms with Crippen molar-refractivity contribution in [3.63, 3.8) is 0 Å². The van der Waals surface area contributed by atoms with E-state index < -0.39 is 0 Å². The zero-order chi connectivity index (χ0) is 32.7. The van der Waals surface area contributed by atoms with E-state index in [2.05, 4.69) is 127 Å². The molecule has 0 saturated heterocycles. The monoisotopic (exact) mass is 814 g/mol. The maximum absolute atomic E-state index is 6.24. The quantitative estimate of drug-likeness (QED) is 0.157. The van der Waals surface area contributed by atoms with E-state index in [1.807, 2.05) is 54.6 Å². The summed E-state index contributed by atoms with van der Waals surface area (Å²) in [6.45, 7) is 6.78. The fourth-order valence-corrected chi connectivity index (χ4v) is 6.24. The predicted molar refractivity (Wildman–Crippen MR) is 196 cm³/mol. The molecule has 0 unspecified atom stereocenters. The molecule has 5 aromatic carbocycles. The number of pyridine rings is 2. The molecular formula is C44H33N3OPt. The Balaban J connectivity index is 0.00000378. The smallest absolute Gasteiger partial charge is 0.497 e. The number of nitrogens with zero attached hydrogens (tertiary/aromatic N) is 3. The Labute approximate surface area is 301 Å². The molecule has 0 aliphatic carbocycles. The van der Waals surface area contributed by atoms with Crippen LogP contribution in [0.25, 0.3) is 61.3 Å².